The maximum atomic E-state index is 14.6. The molecular weight excluding hydrogens is 381 g/mol. The summed E-state index contributed by atoms with van der Waals surface area (Å²) < 4.78 is 22.0. The van der Waals surface area contributed by atoms with Gasteiger partial charge in [-0.2, -0.15) is 0 Å². The van der Waals surface area contributed by atoms with Gasteiger partial charge in [0.1, 0.15) is 5.82 Å². The highest BCUT2D eigenvalue weighted by Crippen LogP contribution is 2.34. The van der Waals surface area contributed by atoms with Gasteiger partial charge in [-0.1, -0.05) is 23.7 Å². The summed E-state index contributed by atoms with van der Waals surface area (Å²) in [7, 11) is 0. The molecule has 5 nitrogen and oxygen atoms in total. The van der Waals surface area contributed by atoms with Crippen molar-refractivity contribution in [1.82, 2.24) is 9.55 Å². The first-order valence-corrected chi connectivity index (χ1v) is 9.10. The summed E-state index contributed by atoms with van der Waals surface area (Å²) in [6, 6.07) is 11.7. The number of imidazole rings is 1. The van der Waals surface area contributed by atoms with Crippen molar-refractivity contribution in [3.05, 3.63) is 81.6 Å². The van der Waals surface area contributed by atoms with E-state index in [9.17, 15) is 9.18 Å². The molecule has 0 saturated heterocycles. The van der Waals surface area contributed by atoms with E-state index in [1.807, 2.05) is 24.5 Å². The van der Waals surface area contributed by atoms with Gasteiger partial charge in [0.25, 0.3) is 6.23 Å². The van der Waals surface area contributed by atoms with Gasteiger partial charge >= 0.3 is 5.97 Å². The highest BCUT2D eigenvalue weighted by atomic mass is 35.5. The summed E-state index contributed by atoms with van der Waals surface area (Å²) in [6.45, 7) is 5.10. The number of fused-ring (bicyclic) bond motifs is 3. The molecule has 4 rings (SSSR count). The third-order valence-corrected chi connectivity index (χ3v) is 4.93. The molecule has 0 saturated carbocycles. The van der Waals surface area contributed by atoms with Crippen LogP contribution in [0.2, 0.25) is 5.02 Å². The maximum Gasteiger partial charge on any atom is 0.304 e. The monoisotopic (exact) mass is 397 g/mol. The second kappa shape index (κ2) is 6.87. The van der Waals surface area contributed by atoms with Gasteiger partial charge in [-0.3, -0.25) is 9.36 Å². The maximum absolute atomic E-state index is 14.6. The lowest BCUT2D eigenvalue weighted by atomic mass is 10.00. The minimum absolute atomic E-state index is 0.295. The number of aryl methyl sites for hydroxylation is 1. The van der Waals surface area contributed by atoms with Gasteiger partial charge in [0.2, 0.25) is 0 Å². The molecule has 0 bridgehead atoms. The largest absolute Gasteiger partial charge is 0.432 e. The van der Waals surface area contributed by atoms with E-state index in [1.54, 1.807) is 30.3 Å². The second-order valence-corrected chi connectivity index (χ2v) is 6.99. The summed E-state index contributed by atoms with van der Waals surface area (Å²) in [5.41, 5.74) is 3.69. The fourth-order valence-electron chi connectivity index (χ4n) is 3.35. The molecule has 1 aliphatic rings. The minimum atomic E-state index is -1.01. The fraction of sp³-hybridized carbons (Fsp3) is 0.190. The Bertz CT molecular complexity index is 1140. The number of aliphatic imine (C=N–C) groups is 1. The molecule has 28 heavy (non-hydrogen) atoms. The van der Waals surface area contributed by atoms with Gasteiger partial charge in [0.15, 0.2) is 5.82 Å². The molecule has 7 heteroatoms. The Kier molecular flexibility index (Phi) is 4.51. The number of esters is 1. The Morgan fingerprint density at radius 1 is 1.18 bits per heavy atom. The van der Waals surface area contributed by atoms with E-state index < -0.39 is 18.0 Å². The van der Waals surface area contributed by atoms with Crippen molar-refractivity contribution in [2.24, 2.45) is 4.99 Å². The Morgan fingerprint density at radius 3 is 2.64 bits per heavy atom. The van der Waals surface area contributed by atoms with E-state index in [0.717, 1.165) is 17.1 Å². The molecule has 0 spiro atoms. The lowest BCUT2D eigenvalue weighted by molar-refractivity contribution is -0.146. The molecule has 1 atom stereocenters. The number of nitrogens with zero attached hydrogens (tertiary/aromatic N) is 3. The van der Waals surface area contributed by atoms with E-state index >= 15 is 0 Å². The van der Waals surface area contributed by atoms with E-state index in [1.165, 1.54) is 13.0 Å². The minimum Gasteiger partial charge on any atom is -0.432 e. The first-order chi connectivity index (χ1) is 13.4. The fourth-order valence-corrected chi connectivity index (χ4v) is 3.52. The summed E-state index contributed by atoms with van der Waals surface area (Å²) in [5.74, 6) is -0.475. The SMILES string of the molecule is CC(=O)OC1N=C(c2ccccc2F)c2cc(Cl)ccc2-n2c1nc(C)c2C. The predicted molar refractivity (Wildman–Crippen MR) is 105 cm³/mol. The van der Waals surface area contributed by atoms with Crippen molar-refractivity contribution in [2.45, 2.75) is 27.0 Å². The van der Waals surface area contributed by atoms with Gasteiger partial charge in [-0.05, 0) is 44.2 Å². The van der Waals surface area contributed by atoms with Gasteiger partial charge in [0.05, 0.1) is 17.1 Å². The summed E-state index contributed by atoms with van der Waals surface area (Å²) in [4.78, 5) is 20.9. The van der Waals surface area contributed by atoms with Crippen LogP contribution in [-0.2, 0) is 9.53 Å². The smallest absolute Gasteiger partial charge is 0.304 e. The zero-order valence-corrected chi connectivity index (χ0v) is 16.3. The van der Waals surface area contributed by atoms with Crippen LogP contribution in [-0.4, -0.2) is 21.2 Å². The van der Waals surface area contributed by atoms with Crippen LogP contribution >= 0.6 is 11.6 Å². The molecule has 2 heterocycles. The summed E-state index contributed by atoms with van der Waals surface area (Å²) in [5, 5.41) is 0.491. The molecule has 0 N–H and O–H groups in total. The molecule has 142 valence electrons. The number of hydrogen-bond acceptors (Lipinski definition) is 4. The summed E-state index contributed by atoms with van der Waals surface area (Å²) >= 11 is 6.26. The number of ether oxygens (including phenoxy) is 1. The third kappa shape index (κ3) is 2.99. The number of carbonyl (C=O) groups excluding carboxylic acids is 1. The van der Waals surface area contributed by atoms with E-state index in [0.29, 0.717) is 27.7 Å². The Balaban J connectivity index is 2.08. The Morgan fingerprint density at radius 2 is 1.93 bits per heavy atom. The first-order valence-electron chi connectivity index (χ1n) is 8.73. The van der Waals surface area contributed by atoms with Gasteiger partial charge < -0.3 is 4.74 Å². The molecule has 1 unspecified atom stereocenters. The van der Waals surface area contributed by atoms with Crippen LogP contribution in [0.5, 0.6) is 0 Å². The molecule has 0 radical (unpaired) electrons. The molecular formula is C21H17ClFN3O2. The average molecular weight is 398 g/mol. The number of rotatable bonds is 2. The van der Waals surface area contributed by atoms with Crippen molar-refractivity contribution in [3.63, 3.8) is 0 Å². The normalized spacial score (nSPS) is 15.3. The quantitative estimate of drug-likeness (QED) is 0.589. The zero-order valence-electron chi connectivity index (χ0n) is 15.5. The lowest BCUT2D eigenvalue weighted by Crippen LogP contribution is -2.12. The summed E-state index contributed by atoms with van der Waals surface area (Å²) in [6.07, 6.45) is -1.01. The molecule has 0 aliphatic carbocycles. The molecule has 3 aromatic rings. The van der Waals surface area contributed by atoms with E-state index in [4.69, 9.17) is 16.3 Å². The zero-order chi connectivity index (χ0) is 20.0. The second-order valence-electron chi connectivity index (χ2n) is 6.56. The van der Waals surface area contributed by atoms with Crippen molar-refractivity contribution in [2.75, 3.05) is 0 Å². The molecule has 0 amide bonds. The molecule has 0 fully saturated rings. The van der Waals surface area contributed by atoms with Crippen LogP contribution in [0.1, 0.15) is 41.5 Å². The third-order valence-electron chi connectivity index (χ3n) is 4.70. The van der Waals surface area contributed by atoms with Crippen molar-refractivity contribution in [3.8, 4) is 5.69 Å². The van der Waals surface area contributed by atoms with Crippen molar-refractivity contribution < 1.29 is 13.9 Å². The highest BCUT2D eigenvalue weighted by Gasteiger charge is 2.31. The molecule has 2 aromatic carbocycles. The predicted octanol–water partition coefficient (Wildman–Crippen LogP) is 4.69. The molecule has 1 aliphatic heterocycles. The van der Waals surface area contributed by atoms with Crippen LogP contribution in [0.25, 0.3) is 5.69 Å². The number of carbonyl (C=O) groups is 1. The van der Waals surface area contributed by atoms with Crippen LogP contribution in [0, 0.1) is 19.7 Å². The first kappa shape index (κ1) is 18.4. The van der Waals surface area contributed by atoms with Crippen molar-refractivity contribution in [1.29, 1.82) is 0 Å². The molecule has 1 aromatic heterocycles. The van der Waals surface area contributed by atoms with Gasteiger partial charge in [-0.25, -0.2) is 14.4 Å². The van der Waals surface area contributed by atoms with Crippen LogP contribution < -0.4 is 0 Å². The van der Waals surface area contributed by atoms with Gasteiger partial charge in [-0.15, -0.1) is 0 Å². The standard InChI is InChI=1S/C21H17ClFN3O2/c1-11-12(2)26-18-9-8-14(22)10-16(18)19(15-6-4-5-7-17(15)23)25-21(20(26)24-11)28-13(3)27/h4-10,21H,1-3H3. The number of hydrogen-bond donors (Lipinski definition) is 0. The number of halogens is 2. The Hall–Kier alpha value is -2.99. The average Bonchev–Trinajstić information content (AvgIpc) is 2.87. The van der Waals surface area contributed by atoms with E-state index in [2.05, 4.69) is 9.98 Å². The van der Waals surface area contributed by atoms with Gasteiger partial charge in [0, 0.05) is 28.8 Å². The lowest BCUT2D eigenvalue weighted by Gasteiger charge is -2.14. The number of benzene rings is 2. The number of aromatic nitrogens is 2. The Labute approximate surface area is 166 Å². The van der Waals surface area contributed by atoms with E-state index in [-0.39, 0.29) is 0 Å². The highest BCUT2D eigenvalue weighted by molar-refractivity contribution is 6.31. The topological polar surface area (TPSA) is 56.5 Å². The van der Waals surface area contributed by atoms with Crippen LogP contribution in [0.4, 0.5) is 4.39 Å². The van der Waals surface area contributed by atoms with Crippen molar-refractivity contribution >= 4 is 23.3 Å². The van der Waals surface area contributed by atoms with Crippen LogP contribution in [0.15, 0.2) is 47.5 Å². The van der Waals surface area contributed by atoms with Crippen LogP contribution in [0.3, 0.4) is 0 Å².